The van der Waals surface area contributed by atoms with E-state index in [0.29, 0.717) is 6.33 Å². The molecule has 0 bridgehead atoms. The van der Waals surface area contributed by atoms with Gasteiger partial charge in [-0.3, -0.25) is 0 Å². The molecule has 7 heteroatoms. The molecule has 0 aromatic carbocycles. The van der Waals surface area contributed by atoms with E-state index >= 15 is 0 Å². The summed E-state index contributed by atoms with van der Waals surface area (Å²) in [6, 6.07) is 0. The van der Waals surface area contributed by atoms with Crippen LogP contribution in [0.25, 0.3) is 0 Å². The van der Waals surface area contributed by atoms with Crippen LogP contribution >= 0.6 is 7.82 Å². The Morgan fingerprint density at radius 3 is 1.80 bits per heavy atom. The Kier molecular flexibility index (Phi) is 8.46. The lowest BCUT2D eigenvalue weighted by Gasteiger charge is -1.87. The van der Waals surface area contributed by atoms with Gasteiger partial charge in [0.05, 0.1) is 6.33 Å². The van der Waals surface area contributed by atoms with Crippen LogP contribution < -0.4 is 0 Å². The summed E-state index contributed by atoms with van der Waals surface area (Å²) in [5.41, 5.74) is 0. The van der Waals surface area contributed by atoms with Crippen LogP contribution in [0.15, 0.2) is 12.4 Å². The first kappa shape index (κ1) is 12.4. The van der Waals surface area contributed by atoms with Crippen molar-refractivity contribution in [2.75, 3.05) is 0 Å². The highest BCUT2D eigenvalue weighted by Crippen LogP contribution is 2.35. The van der Waals surface area contributed by atoms with Crippen LogP contribution in [0.3, 0.4) is 0 Å². The Hall–Kier alpha value is -0.290. The van der Waals surface area contributed by atoms with Crippen LogP contribution in [0.4, 0.5) is 8.92 Å². The van der Waals surface area contributed by atoms with E-state index in [4.69, 9.17) is 14.4 Å². The van der Waals surface area contributed by atoms with Gasteiger partial charge in [0.15, 0.2) is 0 Å². The molecule has 0 atom stereocenters. The second-order valence-electron chi connectivity index (χ2n) is 1.02. The number of halogens is 2. The molecule has 10 heavy (non-hydrogen) atoms. The van der Waals surface area contributed by atoms with Gasteiger partial charge in [0.1, 0.15) is 0 Å². The zero-order valence-corrected chi connectivity index (χ0v) is 5.96. The van der Waals surface area contributed by atoms with Crippen molar-refractivity contribution in [3.63, 3.8) is 0 Å². The smallest absolute Gasteiger partial charge is 0.301 e. The topological polar surface area (TPSA) is 66.8 Å². The minimum atomic E-state index is -4.81. The molecule has 0 amide bonds. The Balaban J connectivity index is 0. The highest BCUT2D eigenvalue weighted by atomic mass is 31.2. The standard InChI is InChI=1S/C3H5F.FH2O4P/c1-2-3-4;1-5-6(2,3)4/h2-3H,1H3;(H2,2,3,4). The van der Waals surface area contributed by atoms with E-state index < -0.39 is 7.82 Å². The number of hydrogen-bond acceptors (Lipinski definition) is 2. The molecule has 0 fully saturated rings. The van der Waals surface area contributed by atoms with E-state index in [-0.39, 0.29) is 0 Å². The first-order chi connectivity index (χ1) is 4.47. The van der Waals surface area contributed by atoms with Crippen molar-refractivity contribution in [3.05, 3.63) is 12.4 Å². The number of phosphoric acid groups is 1. The predicted octanol–water partition coefficient (Wildman–Crippen LogP) is 1.47. The van der Waals surface area contributed by atoms with Crippen molar-refractivity contribution in [1.82, 2.24) is 0 Å². The maximum atomic E-state index is 10.5. The molecule has 62 valence electrons. The zero-order chi connectivity index (χ0) is 8.62. The Morgan fingerprint density at radius 2 is 1.80 bits per heavy atom. The first-order valence-corrected chi connectivity index (χ1v) is 3.58. The van der Waals surface area contributed by atoms with Gasteiger partial charge in [0.2, 0.25) is 0 Å². The lowest BCUT2D eigenvalue weighted by molar-refractivity contribution is -0.0389. The van der Waals surface area contributed by atoms with Crippen molar-refractivity contribution >= 4 is 7.82 Å². The lowest BCUT2D eigenvalue weighted by Crippen LogP contribution is -1.71. The number of hydrogen-bond donors (Lipinski definition) is 2. The third kappa shape index (κ3) is 25.2. The van der Waals surface area contributed by atoms with Gasteiger partial charge < -0.3 is 9.79 Å². The summed E-state index contributed by atoms with van der Waals surface area (Å²) in [4.78, 5) is 14.7. The summed E-state index contributed by atoms with van der Waals surface area (Å²) in [7, 11) is -4.81. The minimum absolute atomic E-state index is 0.500. The number of rotatable bonds is 1. The summed E-state index contributed by atoms with van der Waals surface area (Å²) in [6.07, 6.45) is 1.83. The zero-order valence-electron chi connectivity index (χ0n) is 5.07. The fourth-order valence-corrected chi connectivity index (χ4v) is 0. The summed E-state index contributed by atoms with van der Waals surface area (Å²) >= 11 is 0. The van der Waals surface area contributed by atoms with Crippen molar-refractivity contribution in [2.24, 2.45) is 0 Å². The maximum Gasteiger partial charge on any atom is 0.500 e. The van der Waals surface area contributed by atoms with E-state index in [1.54, 1.807) is 6.92 Å². The van der Waals surface area contributed by atoms with Crippen molar-refractivity contribution in [2.45, 2.75) is 6.92 Å². The molecular weight excluding hydrogens is 169 g/mol. The molecule has 0 unspecified atom stereocenters. The Morgan fingerprint density at radius 1 is 1.60 bits per heavy atom. The van der Waals surface area contributed by atoms with Gasteiger partial charge in [-0.2, -0.15) is 0 Å². The molecule has 0 aliphatic rings. The Bertz CT molecular complexity index is 126. The van der Waals surface area contributed by atoms with Gasteiger partial charge in [-0.1, -0.05) is 10.8 Å². The van der Waals surface area contributed by atoms with Crippen LogP contribution in [0.1, 0.15) is 6.92 Å². The molecule has 0 aliphatic carbocycles. The molecule has 0 saturated carbocycles. The van der Waals surface area contributed by atoms with Gasteiger partial charge in [0, 0.05) is 0 Å². The molecule has 0 aliphatic heterocycles. The molecular formula is C3H7F2O4P. The Labute approximate surface area is 56.3 Å². The molecule has 0 heterocycles. The van der Waals surface area contributed by atoms with Crippen LogP contribution in [-0.4, -0.2) is 9.79 Å². The van der Waals surface area contributed by atoms with E-state index in [1.807, 2.05) is 0 Å². The number of allylic oxidation sites excluding steroid dienone is 1. The molecule has 0 rings (SSSR count). The first-order valence-electron chi connectivity index (χ1n) is 2.05. The second-order valence-corrected chi connectivity index (χ2v) is 2.14. The molecule has 0 radical (unpaired) electrons. The highest BCUT2D eigenvalue weighted by Gasteiger charge is 2.12. The van der Waals surface area contributed by atoms with Gasteiger partial charge in [0.25, 0.3) is 0 Å². The fourth-order valence-electron chi connectivity index (χ4n) is 0. The molecule has 0 aromatic heterocycles. The summed E-state index contributed by atoms with van der Waals surface area (Å²) in [5, 5.41) is 0. The molecule has 2 N–H and O–H groups in total. The predicted molar refractivity (Wildman–Crippen MR) is 30.2 cm³/mol. The summed E-state index contributed by atoms with van der Waals surface area (Å²) in [5.74, 6) is 0. The van der Waals surface area contributed by atoms with Crippen molar-refractivity contribution in [3.8, 4) is 0 Å². The van der Waals surface area contributed by atoms with Crippen molar-refractivity contribution < 1.29 is 28.0 Å². The lowest BCUT2D eigenvalue weighted by atomic mass is 10.8. The normalized spacial score (nSPS) is 10.9. The van der Waals surface area contributed by atoms with E-state index in [9.17, 15) is 8.92 Å². The van der Waals surface area contributed by atoms with Gasteiger partial charge in [-0.25, -0.2) is 8.96 Å². The van der Waals surface area contributed by atoms with Crippen LogP contribution in [0.2, 0.25) is 0 Å². The molecule has 4 nitrogen and oxygen atoms in total. The fraction of sp³-hybridized carbons (Fsp3) is 0.333. The van der Waals surface area contributed by atoms with E-state index in [2.05, 4.69) is 4.73 Å². The molecule has 0 saturated heterocycles. The summed E-state index contributed by atoms with van der Waals surface area (Å²) < 4.78 is 32.0. The highest BCUT2D eigenvalue weighted by molar-refractivity contribution is 7.46. The quantitative estimate of drug-likeness (QED) is 0.593. The average Bonchev–Trinajstić information content (AvgIpc) is 1.87. The van der Waals surface area contributed by atoms with Crippen molar-refractivity contribution in [1.29, 1.82) is 0 Å². The van der Waals surface area contributed by atoms with Gasteiger partial charge >= 0.3 is 7.82 Å². The van der Waals surface area contributed by atoms with Crippen LogP contribution in [0, 0.1) is 0 Å². The average molecular weight is 176 g/mol. The minimum Gasteiger partial charge on any atom is -0.301 e. The van der Waals surface area contributed by atoms with Crippen LogP contribution in [-0.2, 0) is 9.29 Å². The molecule has 0 aromatic rings. The van der Waals surface area contributed by atoms with E-state index in [0.717, 1.165) is 0 Å². The maximum absolute atomic E-state index is 10.5. The molecule has 0 spiro atoms. The van der Waals surface area contributed by atoms with E-state index in [1.165, 1.54) is 6.08 Å². The van der Waals surface area contributed by atoms with Crippen LogP contribution in [0.5, 0.6) is 0 Å². The second kappa shape index (κ2) is 6.82. The monoisotopic (exact) mass is 176 g/mol. The largest absolute Gasteiger partial charge is 0.500 e. The van der Waals surface area contributed by atoms with Gasteiger partial charge in [-0.15, -0.1) is 0 Å². The third-order valence-corrected chi connectivity index (χ3v) is 0.396. The SMILES string of the molecule is CC=CF.O=P(O)(O)OF. The van der Waals surface area contributed by atoms with Gasteiger partial charge in [-0.05, 0) is 11.4 Å². The third-order valence-electron chi connectivity index (χ3n) is 0.216. The summed E-state index contributed by atoms with van der Waals surface area (Å²) in [6.45, 7) is 1.62.